The van der Waals surface area contributed by atoms with Crippen molar-refractivity contribution in [2.45, 2.75) is 11.7 Å². The van der Waals surface area contributed by atoms with Crippen LogP contribution in [0.15, 0.2) is 46.2 Å². The smallest absolute Gasteiger partial charge is 0.287 e. The molecule has 0 radical (unpaired) electrons. The fraction of sp³-hybridized carbons (Fsp3) is 0.176. The Morgan fingerprint density at radius 2 is 2.04 bits per heavy atom. The highest BCUT2D eigenvalue weighted by Gasteiger charge is 2.14. The number of benzene rings is 1. The summed E-state index contributed by atoms with van der Waals surface area (Å²) >= 11 is 13.0. The molecule has 0 saturated carbocycles. The van der Waals surface area contributed by atoms with Gasteiger partial charge in [-0.25, -0.2) is 0 Å². The number of nitrogens with zero attached hydrogens (tertiary/aromatic N) is 3. The van der Waals surface area contributed by atoms with Crippen LogP contribution >= 0.6 is 35.0 Å². The summed E-state index contributed by atoms with van der Waals surface area (Å²) in [7, 11) is 1.76. The molecule has 0 aliphatic heterocycles. The second kappa shape index (κ2) is 9.13. The molecular formula is C17H15Cl2N5O3S. The summed E-state index contributed by atoms with van der Waals surface area (Å²) in [6, 6.07) is 8.06. The molecule has 146 valence electrons. The number of thioether (sulfide) groups is 1. The lowest BCUT2D eigenvalue weighted by Crippen LogP contribution is -2.24. The maximum Gasteiger partial charge on any atom is 0.287 e. The van der Waals surface area contributed by atoms with Crippen LogP contribution in [0.25, 0.3) is 0 Å². The maximum absolute atomic E-state index is 12.1. The molecule has 0 aliphatic rings. The van der Waals surface area contributed by atoms with Crippen LogP contribution < -0.4 is 10.6 Å². The summed E-state index contributed by atoms with van der Waals surface area (Å²) in [5.74, 6) is 0.329. The van der Waals surface area contributed by atoms with Crippen molar-refractivity contribution in [3.05, 3.63) is 58.2 Å². The molecule has 28 heavy (non-hydrogen) atoms. The van der Waals surface area contributed by atoms with E-state index in [1.807, 2.05) is 0 Å². The molecule has 8 nitrogen and oxygen atoms in total. The summed E-state index contributed by atoms with van der Waals surface area (Å²) in [5, 5.41) is 14.8. The topological polar surface area (TPSA) is 102 Å². The van der Waals surface area contributed by atoms with Crippen molar-refractivity contribution in [3.8, 4) is 0 Å². The Balaban J connectivity index is 1.51. The quantitative estimate of drug-likeness (QED) is 0.547. The van der Waals surface area contributed by atoms with E-state index in [4.69, 9.17) is 27.6 Å². The van der Waals surface area contributed by atoms with E-state index in [0.717, 1.165) is 0 Å². The SMILES string of the molecule is Cn1c(CNC(=O)c2ccco2)nnc1SCC(=O)Nc1ccc(Cl)c(Cl)c1. The van der Waals surface area contributed by atoms with Crippen molar-refractivity contribution in [1.82, 2.24) is 20.1 Å². The Kier molecular flexibility index (Phi) is 6.61. The first-order chi connectivity index (χ1) is 13.4. The lowest BCUT2D eigenvalue weighted by molar-refractivity contribution is -0.113. The number of hydrogen-bond donors (Lipinski definition) is 2. The van der Waals surface area contributed by atoms with Gasteiger partial charge >= 0.3 is 0 Å². The molecule has 11 heteroatoms. The zero-order chi connectivity index (χ0) is 20.1. The number of nitrogens with one attached hydrogen (secondary N) is 2. The summed E-state index contributed by atoms with van der Waals surface area (Å²) in [6.07, 6.45) is 1.43. The highest BCUT2D eigenvalue weighted by Crippen LogP contribution is 2.25. The van der Waals surface area contributed by atoms with Gasteiger partial charge in [0, 0.05) is 12.7 Å². The molecule has 0 aliphatic carbocycles. The highest BCUT2D eigenvalue weighted by atomic mass is 35.5. The van der Waals surface area contributed by atoms with Crippen LogP contribution in [0.1, 0.15) is 16.4 Å². The van der Waals surface area contributed by atoms with Crippen molar-refractivity contribution >= 4 is 52.5 Å². The number of halogens is 2. The first-order valence-electron chi connectivity index (χ1n) is 8.01. The Morgan fingerprint density at radius 1 is 1.21 bits per heavy atom. The number of anilines is 1. The molecule has 0 spiro atoms. The Labute approximate surface area is 174 Å². The number of aromatic nitrogens is 3. The monoisotopic (exact) mass is 439 g/mol. The molecule has 3 aromatic rings. The molecule has 2 heterocycles. The molecule has 1 aromatic carbocycles. The number of amides is 2. The second-order valence-corrected chi connectivity index (χ2v) is 7.34. The van der Waals surface area contributed by atoms with Gasteiger partial charge in [0.2, 0.25) is 5.91 Å². The number of carbonyl (C=O) groups excluding carboxylic acids is 2. The van der Waals surface area contributed by atoms with Gasteiger partial charge < -0.3 is 19.6 Å². The van der Waals surface area contributed by atoms with Gasteiger partial charge in [-0.05, 0) is 30.3 Å². The van der Waals surface area contributed by atoms with Crippen molar-refractivity contribution < 1.29 is 14.0 Å². The van der Waals surface area contributed by atoms with Gasteiger partial charge in [-0.1, -0.05) is 35.0 Å². The lowest BCUT2D eigenvalue weighted by Gasteiger charge is -2.07. The zero-order valence-corrected chi connectivity index (χ0v) is 16.9. The van der Waals surface area contributed by atoms with Gasteiger partial charge in [-0.15, -0.1) is 10.2 Å². The number of rotatable bonds is 7. The van der Waals surface area contributed by atoms with E-state index in [0.29, 0.717) is 26.7 Å². The molecule has 3 rings (SSSR count). The maximum atomic E-state index is 12.1. The largest absolute Gasteiger partial charge is 0.459 e. The van der Waals surface area contributed by atoms with Crippen LogP contribution in [-0.2, 0) is 18.4 Å². The fourth-order valence-electron chi connectivity index (χ4n) is 2.18. The van der Waals surface area contributed by atoms with E-state index >= 15 is 0 Å². The predicted molar refractivity (Wildman–Crippen MR) is 107 cm³/mol. The molecule has 2 N–H and O–H groups in total. The van der Waals surface area contributed by atoms with Crippen molar-refractivity contribution in [2.24, 2.45) is 7.05 Å². The molecule has 0 bridgehead atoms. The van der Waals surface area contributed by atoms with Crippen LogP contribution in [0.2, 0.25) is 10.0 Å². The van der Waals surface area contributed by atoms with E-state index in [1.165, 1.54) is 18.0 Å². The van der Waals surface area contributed by atoms with E-state index in [9.17, 15) is 9.59 Å². The number of furan rings is 1. The molecular weight excluding hydrogens is 425 g/mol. The molecule has 0 fully saturated rings. The Hall–Kier alpha value is -2.49. The van der Waals surface area contributed by atoms with E-state index in [1.54, 1.807) is 41.9 Å². The third-order valence-corrected chi connectivity index (χ3v) is 5.37. The minimum atomic E-state index is -0.344. The van der Waals surface area contributed by atoms with Gasteiger partial charge in [0.15, 0.2) is 16.7 Å². The lowest BCUT2D eigenvalue weighted by atomic mass is 10.3. The average molecular weight is 440 g/mol. The predicted octanol–water partition coefficient (Wildman–Crippen LogP) is 3.38. The minimum Gasteiger partial charge on any atom is -0.459 e. The second-order valence-electron chi connectivity index (χ2n) is 5.58. The summed E-state index contributed by atoms with van der Waals surface area (Å²) in [6.45, 7) is 0.180. The summed E-state index contributed by atoms with van der Waals surface area (Å²) in [4.78, 5) is 24.0. The third kappa shape index (κ3) is 5.06. The fourth-order valence-corrected chi connectivity index (χ4v) is 3.21. The van der Waals surface area contributed by atoms with Gasteiger partial charge in [-0.3, -0.25) is 9.59 Å². The van der Waals surface area contributed by atoms with Crippen molar-refractivity contribution in [1.29, 1.82) is 0 Å². The summed E-state index contributed by atoms with van der Waals surface area (Å²) in [5.41, 5.74) is 0.555. The van der Waals surface area contributed by atoms with Crippen molar-refractivity contribution in [3.63, 3.8) is 0 Å². The zero-order valence-electron chi connectivity index (χ0n) is 14.6. The first kappa shape index (κ1) is 20.2. The number of carbonyl (C=O) groups is 2. The van der Waals surface area contributed by atoms with Crippen LogP contribution in [0, 0.1) is 0 Å². The van der Waals surface area contributed by atoms with E-state index in [-0.39, 0.29) is 29.9 Å². The Bertz CT molecular complexity index is 991. The molecule has 2 amide bonds. The normalized spacial score (nSPS) is 10.7. The van der Waals surface area contributed by atoms with Crippen LogP contribution in [0.3, 0.4) is 0 Å². The van der Waals surface area contributed by atoms with Gasteiger partial charge in [0.05, 0.1) is 28.6 Å². The molecule has 2 aromatic heterocycles. The first-order valence-corrected chi connectivity index (χ1v) is 9.76. The van der Waals surface area contributed by atoms with Crippen molar-refractivity contribution in [2.75, 3.05) is 11.1 Å². The van der Waals surface area contributed by atoms with Gasteiger partial charge in [0.1, 0.15) is 0 Å². The summed E-state index contributed by atoms with van der Waals surface area (Å²) < 4.78 is 6.74. The van der Waals surface area contributed by atoms with E-state index < -0.39 is 0 Å². The standard InChI is InChI=1S/C17H15Cl2N5O3S/c1-24-14(8-20-16(26)13-3-2-6-27-13)22-23-17(24)28-9-15(25)21-10-4-5-11(18)12(19)7-10/h2-7H,8-9H2,1H3,(H,20,26)(H,21,25). The van der Waals surface area contributed by atoms with E-state index in [2.05, 4.69) is 20.8 Å². The molecule has 0 unspecified atom stereocenters. The van der Waals surface area contributed by atoms with Gasteiger partial charge in [0.25, 0.3) is 5.91 Å². The van der Waals surface area contributed by atoms with Gasteiger partial charge in [-0.2, -0.15) is 0 Å². The van der Waals surface area contributed by atoms with Crippen LogP contribution in [-0.4, -0.2) is 32.3 Å². The van der Waals surface area contributed by atoms with Crippen LogP contribution in [0.4, 0.5) is 5.69 Å². The highest BCUT2D eigenvalue weighted by molar-refractivity contribution is 7.99. The van der Waals surface area contributed by atoms with Crippen LogP contribution in [0.5, 0.6) is 0 Å². The average Bonchev–Trinajstić information content (AvgIpc) is 3.32. The minimum absolute atomic E-state index is 0.130. The third-order valence-electron chi connectivity index (χ3n) is 3.61. The number of hydrogen-bond acceptors (Lipinski definition) is 6. The molecule has 0 saturated heterocycles. The Morgan fingerprint density at radius 3 is 2.75 bits per heavy atom. The molecule has 0 atom stereocenters.